The first-order valence-electron chi connectivity index (χ1n) is 9.88. The van der Waals surface area contributed by atoms with Crippen LogP contribution in [0, 0.1) is 0 Å². The summed E-state index contributed by atoms with van der Waals surface area (Å²) in [5.41, 5.74) is 4.77. The Hall–Kier alpha value is -2.62. The monoisotopic (exact) mass is 361 g/mol. The van der Waals surface area contributed by atoms with Crippen LogP contribution in [0.4, 0.5) is 0 Å². The average molecular weight is 361 g/mol. The fraction of sp³-hybridized carbons (Fsp3) is 0.391. The predicted molar refractivity (Wildman–Crippen MR) is 109 cm³/mol. The van der Waals surface area contributed by atoms with Crippen molar-refractivity contribution in [2.75, 3.05) is 13.1 Å². The SMILES string of the molecule is CCN1CC(c2nc3ccccc3n2Cc2ccc(C(C)C)cc2)CC1=O. The van der Waals surface area contributed by atoms with Gasteiger partial charge >= 0.3 is 0 Å². The normalized spacial score (nSPS) is 17.4. The van der Waals surface area contributed by atoms with Crippen molar-refractivity contribution in [3.8, 4) is 0 Å². The minimum absolute atomic E-state index is 0.166. The van der Waals surface area contributed by atoms with E-state index in [1.54, 1.807) is 0 Å². The summed E-state index contributed by atoms with van der Waals surface area (Å²) < 4.78 is 2.30. The third-order valence-electron chi connectivity index (χ3n) is 5.63. The van der Waals surface area contributed by atoms with Crippen molar-refractivity contribution < 1.29 is 4.79 Å². The van der Waals surface area contributed by atoms with Gasteiger partial charge in [-0.3, -0.25) is 4.79 Å². The Labute approximate surface area is 160 Å². The molecule has 4 nitrogen and oxygen atoms in total. The van der Waals surface area contributed by atoms with Crippen molar-refractivity contribution >= 4 is 16.9 Å². The second kappa shape index (κ2) is 7.18. The number of aromatic nitrogens is 2. The van der Waals surface area contributed by atoms with E-state index in [9.17, 15) is 4.79 Å². The van der Waals surface area contributed by atoms with Gasteiger partial charge < -0.3 is 9.47 Å². The van der Waals surface area contributed by atoms with Crippen molar-refractivity contribution in [1.82, 2.24) is 14.5 Å². The molecule has 3 aromatic rings. The number of hydrogen-bond acceptors (Lipinski definition) is 2. The van der Waals surface area contributed by atoms with E-state index in [-0.39, 0.29) is 11.8 Å². The Morgan fingerprint density at radius 3 is 2.52 bits per heavy atom. The van der Waals surface area contributed by atoms with Gasteiger partial charge in [0.15, 0.2) is 0 Å². The van der Waals surface area contributed by atoms with Gasteiger partial charge in [0, 0.05) is 32.0 Å². The smallest absolute Gasteiger partial charge is 0.223 e. The van der Waals surface area contributed by atoms with Gasteiger partial charge in [-0.15, -0.1) is 0 Å². The van der Waals surface area contributed by atoms with E-state index in [4.69, 9.17) is 4.98 Å². The van der Waals surface area contributed by atoms with Crippen LogP contribution in [0.2, 0.25) is 0 Å². The lowest BCUT2D eigenvalue weighted by Gasteiger charge is -2.16. The first-order valence-corrected chi connectivity index (χ1v) is 9.88. The molecule has 1 unspecified atom stereocenters. The Morgan fingerprint density at radius 2 is 1.85 bits per heavy atom. The lowest BCUT2D eigenvalue weighted by Crippen LogP contribution is -2.24. The number of hydrogen-bond donors (Lipinski definition) is 0. The van der Waals surface area contributed by atoms with Crippen LogP contribution in [0.1, 0.15) is 56.0 Å². The van der Waals surface area contributed by atoms with E-state index in [2.05, 4.69) is 60.9 Å². The standard InChI is InChI=1S/C23H27N3O/c1-4-25-15-19(13-22(25)27)23-24-20-7-5-6-8-21(20)26(23)14-17-9-11-18(12-10-17)16(2)3/h5-12,16,19H,4,13-15H2,1-3H3. The molecule has 1 aromatic heterocycles. The minimum Gasteiger partial charge on any atom is -0.342 e. The van der Waals surface area contributed by atoms with Crippen molar-refractivity contribution in [3.63, 3.8) is 0 Å². The van der Waals surface area contributed by atoms with Crippen LogP contribution >= 0.6 is 0 Å². The molecule has 0 saturated carbocycles. The van der Waals surface area contributed by atoms with Gasteiger partial charge in [-0.05, 0) is 36.1 Å². The molecule has 4 heteroatoms. The van der Waals surface area contributed by atoms with E-state index in [1.165, 1.54) is 11.1 Å². The topological polar surface area (TPSA) is 38.1 Å². The molecule has 1 saturated heterocycles. The van der Waals surface area contributed by atoms with Crippen LogP contribution in [0.3, 0.4) is 0 Å². The van der Waals surface area contributed by atoms with Crippen molar-refractivity contribution in [2.45, 2.75) is 45.6 Å². The van der Waals surface area contributed by atoms with Crippen LogP contribution in [0.15, 0.2) is 48.5 Å². The summed E-state index contributed by atoms with van der Waals surface area (Å²) >= 11 is 0. The number of rotatable bonds is 5. The Balaban J connectivity index is 1.71. The fourth-order valence-corrected chi connectivity index (χ4v) is 4.01. The van der Waals surface area contributed by atoms with Gasteiger partial charge in [-0.25, -0.2) is 4.98 Å². The lowest BCUT2D eigenvalue weighted by atomic mass is 10.0. The first-order chi connectivity index (χ1) is 13.1. The van der Waals surface area contributed by atoms with E-state index in [1.807, 2.05) is 17.9 Å². The maximum absolute atomic E-state index is 12.3. The number of amides is 1. The molecule has 1 fully saturated rings. The number of likely N-dealkylation sites (N-methyl/N-ethyl adjacent to an activating group) is 1. The van der Waals surface area contributed by atoms with Gasteiger partial charge in [-0.1, -0.05) is 50.2 Å². The summed E-state index contributed by atoms with van der Waals surface area (Å²) in [5.74, 6) is 1.98. The molecule has 1 amide bonds. The zero-order valence-corrected chi connectivity index (χ0v) is 16.4. The predicted octanol–water partition coefficient (Wildman–Crippen LogP) is 4.54. The molecule has 1 aliphatic rings. The second-order valence-electron chi connectivity index (χ2n) is 7.77. The third-order valence-corrected chi connectivity index (χ3v) is 5.63. The molecule has 0 N–H and O–H groups in total. The highest BCUT2D eigenvalue weighted by Crippen LogP contribution is 2.31. The summed E-state index contributed by atoms with van der Waals surface area (Å²) in [6, 6.07) is 17.1. The molecule has 4 rings (SSSR count). The Kier molecular flexibility index (Phi) is 4.73. The number of fused-ring (bicyclic) bond motifs is 1. The van der Waals surface area contributed by atoms with Crippen LogP contribution < -0.4 is 0 Å². The van der Waals surface area contributed by atoms with E-state index in [0.29, 0.717) is 12.3 Å². The van der Waals surface area contributed by atoms with Gasteiger partial charge in [0.25, 0.3) is 0 Å². The molecule has 0 radical (unpaired) electrons. The number of benzene rings is 2. The maximum atomic E-state index is 12.3. The molecule has 2 aromatic carbocycles. The third kappa shape index (κ3) is 3.36. The van der Waals surface area contributed by atoms with E-state index < -0.39 is 0 Å². The summed E-state index contributed by atoms with van der Waals surface area (Å²) in [5, 5.41) is 0. The molecule has 0 aliphatic carbocycles. The average Bonchev–Trinajstić information content (AvgIpc) is 3.22. The number of carbonyl (C=O) groups excluding carboxylic acids is 1. The largest absolute Gasteiger partial charge is 0.342 e. The molecule has 140 valence electrons. The van der Waals surface area contributed by atoms with Crippen molar-refractivity contribution in [1.29, 1.82) is 0 Å². The molecular weight excluding hydrogens is 334 g/mol. The highest BCUT2D eigenvalue weighted by molar-refractivity contribution is 5.81. The molecule has 27 heavy (non-hydrogen) atoms. The summed E-state index contributed by atoms with van der Waals surface area (Å²) in [7, 11) is 0. The van der Waals surface area contributed by atoms with Gasteiger partial charge in [0.2, 0.25) is 5.91 Å². The number of carbonyl (C=O) groups is 1. The number of imidazole rings is 1. The van der Waals surface area contributed by atoms with E-state index >= 15 is 0 Å². The molecule has 0 spiro atoms. The quantitative estimate of drug-likeness (QED) is 0.669. The van der Waals surface area contributed by atoms with Crippen LogP contribution in [-0.4, -0.2) is 33.4 Å². The maximum Gasteiger partial charge on any atom is 0.223 e. The summed E-state index contributed by atoms with van der Waals surface area (Å²) in [6.45, 7) is 8.79. The number of para-hydroxylation sites is 2. The Bertz CT molecular complexity index is 955. The zero-order chi connectivity index (χ0) is 19.0. The van der Waals surface area contributed by atoms with Crippen LogP contribution in [-0.2, 0) is 11.3 Å². The van der Waals surface area contributed by atoms with E-state index in [0.717, 1.165) is 36.5 Å². The molecule has 0 bridgehead atoms. The second-order valence-corrected chi connectivity index (χ2v) is 7.77. The zero-order valence-electron chi connectivity index (χ0n) is 16.4. The highest BCUT2D eigenvalue weighted by atomic mass is 16.2. The Morgan fingerprint density at radius 1 is 1.11 bits per heavy atom. The van der Waals surface area contributed by atoms with Gasteiger partial charge in [-0.2, -0.15) is 0 Å². The minimum atomic E-state index is 0.166. The fourth-order valence-electron chi connectivity index (χ4n) is 4.01. The first kappa shape index (κ1) is 17.8. The number of nitrogens with zero attached hydrogens (tertiary/aromatic N) is 3. The summed E-state index contributed by atoms with van der Waals surface area (Å²) in [6.07, 6.45) is 0.559. The number of likely N-dealkylation sites (tertiary alicyclic amines) is 1. The van der Waals surface area contributed by atoms with Crippen LogP contribution in [0.25, 0.3) is 11.0 Å². The summed E-state index contributed by atoms with van der Waals surface area (Å²) in [4.78, 5) is 19.1. The molecule has 2 heterocycles. The highest BCUT2D eigenvalue weighted by Gasteiger charge is 2.33. The van der Waals surface area contributed by atoms with Crippen LogP contribution in [0.5, 0.6) is 0 Å². The van der Waals surface area contributed by atoms with Crippen molar-refractivity contribution in [3.05, 3.63) is 65.5 Å². The van der Waals surface area contributed by atoms with Gasteiger partial charge in [0.05, 0.1) is 11.0 Å². The van der Waals surface area contributed by atoms with Crippen molar-refractivity contribution in [2.24, 2.45) is 0 Å². The molecule has 1 atom stereocenters. The lowest BCUT2D eigenvalue weighted by molar-refractivity contribution is -0.127. The van der Waals surface area contributed by atoms with Gasteiger partial charge in [0.1, 0.15) is 5.82 Å². The molecular formula is C23H27N3O. The molecule has 1 aliphatic heterocycles.